The van der Waals surface area contributed by atoms with Gasteiger partial charge in [0.2, 0.25) is 0 Å². The Kier molecular flexibility index (Phi) is 3.26. The SMILES string of the molecule is CNC(C1=COCC1)c1cc(Br)cs1. The molecule has 1 aliphatic rings. The van der Waals surface area contributed by atoms with Crippen LogP contribution in [0.1, 0.15) is 17.3 Å². The van der Waals surface area contributed by atoms with Gasteiger partial charge in [-0.25, -0.2) is 0 Å². The summed E-state index contributed by atoms with van der Waals surface area (Å²) in [4.78, 5) is 1.33. The van der Waals surface area contributed by atoms with Crippen LogP contribution in [-0.4, -0.2) is 13.7 Å². The van der Waals surface area contributed by atoms with Crippen LogP contribution >= 0.6 is 27.3 Å². The zero-order valence-electron chi connectivity index (χ0n) is 7.92. The van der Waals surface area contributed by atoms with Crippen molar-refractivity contribution in [2.24, 2.45) is 0 Å². The van der Waals surface area contributed by atoms with E-state index in [0.29, 0.717) is 6.04 Å². The molecule has 2 heterocycles. The van der Waals surface area contributed by atoms with Gasteiger partial charge in [0.15, 0.2) is 0 Å². The van der Waals surface area contributed by atoms with E-state index in [0.717, 1.165) is 17.5 Å². The molecule has 0 saturated carbocycles. The fourth-order valence-electron chi connectivity index (χ4n) is 1.60. The summed E-state index contributed by atoms with van der Waals surface area (Å²) in [5.74, 6) is 0. The third-order valence-corrected chi connectivity index (χ3v) is 4.03. The lowest BCUT2D eigenvalue weighted by Gasteiger charge is -2.14. The molecule has 0 aromatic carbocycles. The van der Waals surface area contributed by atoms with Crippen LogP contribution in [0.4, 0.5) is 0 Å². The zero-order valence-corrected chi connectivity index (χ0v) is 10.3. The molecule has 0 fully saturated rings. The van der Waals surface area contributed by atoms with Crippen LogP contribution < -0.4 is 5.32 Å². The van der Waals surface area contributed by atoms with Crippen molar-refractivity contribution < 1.29 is 4.74 Å². The van der Waals surface area contributed by atoms with E-state index in [4.69, 9.17) is 4.74 Å². The summed E-state index contributed by atoms with van der Waals surface area (Å²) < 4.78 is 6.41. The minimum absolute atomic E-state index is 0.314. The second-order valence-corrected chi connectivity index (χ2v) is 5.06. The molecule has 1 unspecified atom stereocenters. The predicted molar refractivity (Wildman–Crippen MR) is 62.5 cm³/mol. The average Bonchev–Trinajstić information content (AvgIpc) is 2.79. The van der Waals surface area contributed by atoms with Gasteiger partial charge >= 0.3 is 0 Å². The molecule has 1 aromatic rings. The maximum atomic E-state index is 5.26. The minimum atomic E-state index is 0.314. The number of rotatable bonds is 3. The number of nitrogens with one attached hydrogen (secondary N) is 1. The van der Waals surface area contributed by atoms with E-state index in [2.05, 4.69) is 32.7 Å². The van der Waals surface area contributed by atoms with Gasteiger partial charge in [0.05, 0.1) is 18.9 Å². The van der Waals surface area contributed by atoms with Crippen molar-refractivity contribution in [1.29, 1.82) is 0 Å². The molecule has 0 radical (unpaired) electrons. The molecule has 2 rings (SSSR count). The maximum Gasteiger partial charge on any atom is 0.0912 e. The molecule has 1 aromatic heterocycles. The van der Waals surface area contributed by atoms with Gasteiger partial charge in [0.25, 0.3) is 0 Å². The Labute approximate surface area is 96.1 Å². The van der Waals surface area contributed by atoms with E-state index in [1.165, 1.54) is 10.5 Å². The van der Waals surface area contributed by atoms with Gasteiger partial charge in [-0.15, -0.1) is 11.3 Å². The normalized spacial score (nSPS) is 17.7. The summed E-state index contributed by atoms with van der Waals surface area (Å²) in [6.45, 7) is 0.820. The van der Waals surface area contributed by atoms with Gasteiger partial charge < -0.3 is 10.1 Å². The van der Waals surface area contributed by atoms with Crippen molar-refractivity contribution in [1.82, 2.24) is 5.32 Å². The lowest BCUT2D eigenvalue weighted by Crippen LogP contribution is -2.16. The second kappa shape index (κ2) is 4.47. The topological polar surface area (TPSA) is 21.3 Å². The smallest absolute Gasteiger partial charge is 0.0912 e. The first-order chi connectivity index (χ1) is 6.81. The van der Waals surface area contributed by atoms with Crippen molar-refractivity contribution >= 4 is 27.3 Å². The number of hydrogen-bond donors (Lipinski definition) is 1. The summed E-state index contributed by atoms with van der Waals surface area (Å²) in [5.41, 5.74) is 1.34. The number of thiophene rings is 1. The standard InChI is InChI=1S/C10H12BrNOS/c1-12-10(7-2-3-13-5-7)9-4-8(11)6-14-9/h4-6,10,12H,2-3H2,1H3. The number of halogens is 1. The van der Waals surface area contributed by atoms with Gasteiger partial charge in [-0.05, 0) is 34.6 Å². The zero-order chi connectivity index (χ0) is 9.97. The van der Waals surface area contributed by atoms with Crippen LogP contribution in [0.25, 0.3) is 0 Å². The molecule has 1 atom stereocenters. The summed E-state index contributed by atoms with van der Waals surface area (Å²) in [7, 11) is 1.98. The number of ether oxygens (including phenoxy) is 1. The van der Waals surface area contributed by atoms with E-state index in [1.54, 1.807) is 11.3 Å². The third kappa shape index (κ3) is 2.02. The Bertz CT molecular complexity index is 348. The Balaban J connectivity index is 2.20. The molecule has 1 N–H and O–H groups in total. The lowest BCUT2D eigenvalue weighted by molar-refractivity contribution is 0.281. The molecule has 2 nitrogen and oxygen atoms in total. The highest BCUT2D eigenvalue weighted by Gasteiger charge is 2.19. The van der Waals surface area contributed by atoms with Crippen LogP contribution in [0, 0.1) is 0 Å². The van der Waals surface area contributed by atoms with Crippen molar-refractivity contribution in [2.45, 2.75) is 12.5 Å². The van der Waals surface area contributed by atoms with E-state index < -0.39 is 0 Å². The molecule has 0 amide bonds. The van der Waals surface area contributed by atoms with E-state index in [9.17, 15) is 0 Å². The molecule has 4 heteroatoms. The van der Waals surface area contributed by atoms with E-state index >= 15 is 0 Å². The van der Waals surface area contributed by atoms with Gasteiger partial charge in [-0.2, -0.15) is 0 Å². The molecule has 0 saturated heterocycles. The quantitative estimate of drug-likeness (QED) is 0.914. The molecule has 76 valence electrons. The molecule has 0 bridgehead atoms. The van der Waals surface area contributed by atoms with Gasteiger partial charge in [-0.1, -0.05) is 0 Å². The highest BCUT2D eigenvalue weighted by Crippen LogP contribution is 2.32. The monoisotopic (exact) mass is 273 g/mol. The molecule has 1 aliphatic heterocycles. The first-order valence-electron chi connectivity index (χ1n) is 4.53. The Hall–Kier alpha value is -0.320. The number of hydrogen-bond acceptors (Lipinski definition) is 3. The summed E-state index contributed by atoms with van der Waals surface area (Å²) in [5, 5.41) is 5.42. The summed E-state index contributed by atoms with van der Waals surface area (Å²) in [6, 6.07) is 2.47. The fourth-order valence-corrected chi connectivity index (χ4v) is 3.20. The van der Waals surface area contributed by atoms with Crippen LogP contribution in [0.3, 0.4) is 0 Å². The minimum Gasteiger partial charge on any atom is -0.501 e. The van der Waals surface area contributed by atoms with Crippen LogP contribution in [0.5, 0.6) is 0 Å². The Morgan fingerprint density at radius 3 is 3.00 bits per heavy atom. The molecule has 0 aliphatic carbocycles. The fraction of sp³-hybridized carbons (Fsp3) is 0.400. The van der Waals surface area contributed by atoms with Crippen LogP contribution in [0.15, 0.2) is 27.8 Å². The second-order valence-electron chi connectivity index (χ2n) is 3.20. The highest BCUT2D eigenvalue weighted by molar-refractivity contribution is 9.10. The summed E-state index contributed by atoms with van der Waals surface area (Å²) >= 11 is 5.23. The van der Waals surface area contributed by atoms with Gasteiger partial charge in [0.1, 0.15) is 0 Å². The van der Waals surface area contributed by atoms with Crippen LogP contribution in [0.2, 0.25) is 0 Å². The maximum absolute atomic E-state index is 5.26. The predicted octanol–water partition coefficient (Wildman–Crippen LogP) is 3.08. The molecular weight excluding hydrogens is 262 g/mol. The van der Waals surface area contributed by atoms with Crippen molar-refractivity contribution in [2.75, 3.05) is 13.7 Å². The number of likely N-dealkylation sites (N-methyl/N-ethyl adjacent to an activating group) is 1. The van der Waals surface area contributed by atoms with Gasteiger partial charge in [-0.3, -0.25) is 0 Å². The van der Waals surface area contributed by atoms with Crippen molar-refractivity contribution in [3.05, 3.63) is 32.6 Å². The van der Waals surface area contributed by atoms with E-state index in [1.807, 2.05) is 13.3 Å². The van der Waals surface area contributed by atoms with Crippen molar-refractivity contribution in [3.8, 4) is 0 Å². The average molecular weight is 274 g/mol. The van der Waals surface area contributed by atoms with Crippen LogP contribution in [-0.2, 0) is 4.74 Å². The van der Waals surface area contributed by atoms with Crippen molar-refractivity contribution in [3.63, 3.8) is 0 Å². The molecule has 0 spiro atoms. The Morgan fingerprint density at radius 2 is 2.50 bits per heavy atom. The first kappa shape index (κ1) is 10.2. The third-order valence-electron chi connectivity index (χ3n) is 2.28. The summed E-state index contributed by atoms with van der Waals surface area (Å²) in [6.07, 6.45) is 2.91. The lowest BCUT2D eigenvalue weighted by atomic mass is 10.1. The van der Waals surface area contributed by atoms with E-state index in [-0.39, 0.29) is 0 Å². The highest BCUT2D eigenvalue weighted by atomic mass is 79.9. The largest absolute Gasteiger partial charge is 0.501 e. The van der Waals surface area contributed by atoms with Gasteiger partial charge in [0, 0.05) is 21.2 Å². The first-order valence-corrected chi connectivity index (χ1v) is 6.20. The molecule has 14 heavy (non-hydrogen) atoms. The Morgan fingerprint density at radius 1 is 1.64 bits per heavy atom. The molecular formula is C10H12BrNOS.